The minimum atomic E-state index is -0.196. The Labute approximate surface area is 116 Å². The molecular formula is C14H13ClN2O2. The molecule has 2 aromatic rings. The summed E-state index contributed by atoms with van der Waals surface area (Å²) in [5.74, 6) is -0.0545. The third kappa shape index (κ3) is 3.45. The van der Waals surface area contributed by atoms with Crippen molar-refractivity contribution in [2.75, 3.05) is 5.32 Å². The van der Waals surface area contributed by atoms with Gasteiger partial charge in [-0.15, -0.1) is 0 Å². The van der Waals surface area contributed by atoms with Crippen molar-refractivity contribution in [1.29, 1.82) is 0 Å². The van der Waals surface area contributed by atoms with Crippen LogP contribution in [0.1, 0.15) is 11.3 Å². The number of aromatic nitrogens is 1. The normalized spacial score (nSPS) is 10.2. The molecule has 5 heteroatoms. The highest BCUT2D eigenvalue weighted by Crippen LogP contribution is 2.23. The third-order valence-corrected chi connectivity index (χ3v) is 3.09. The molecule has 1 aromatic heterocycles. The first-order valence-corrected chi connectivity index (χ1v) is 6.13. The van der Waals surface area contributed by atoms with Gasteiger partial charge in [-0.2, -0.15) is 0 Å². The Morgan fingerprint density at radius 2 is 2.21 bits per heavy atom. The van der Waals surface area contributed by atoms with Gasteiger partial charge in [0.2, 0.25) is 5.91 Å². The molecule has 0 saturated carbocycles. The van der Waals surface area contributed by atoms with Crippen LogP contribution in [-0.2, 0) is 11.2 Å². The summed E-state index contributed by atoms with van der Waals surface area (Å²) in [5, 5.41) is 12.5. The van der Waals surface area contributed by atoms with E-state index in [4.69, 9.17) is 11.6 Å². The lowest BCUT2D eigenvalue weighted by molar-refractivity contribution is -0.115. The van der Waals surface area contributed by atoms with Gasteiger partial charge < -0.3 is 10.4 Å². The van der Waals surface area contributed by atoms with Crippen molar-refractivity contribution in [3.05, 3.63) is 52.8 Å². The number of hydrogen-bond acceptors (Lipinski definition) is 3. The second-order valence-electron chi connectivity index (χ2n) is 4.15. The predicted octanol–water partition coefficient (Wildman–Crippen LogP) is 2.93. The Morgan fingerprint density at radius 3 is 2.95 bits per heavy atom. The SMILES string of the molecule is Cc1nccc(NC(=O)Cc2cccc(O)c2)c1Cl. The Hall–Kier alpha value is -2.07. The zero-order valence-corrected chi connectivity index (χ0v) is 11.1. The minimum absolute atomic E-state index is 0.142. The maximum Gasteiger partial charge on any atom is 0.228 e. The number of carbonyl (C=O) groups excluding carboxylic acids is 1. The second-order valence-corrected chi connectivity index (χ2v) is 4.53. The van der Waals surface area contributed by atoms with Gasteiger partial charge in [-0.3, -0.25) is 9.78 Å². The summed E-state index contributed by atoms with van der Waals surface area (Å²) in [6.45, 7) is 1.77. The van der Waals surface area contributed by atoms with Gasteiger partial charge in [0.25, 0.3) is 0 Å². The molecule has 1 heterocycles. The van der Waals surface area contributed by atoms with E-state index in [1.165, 1.54) is 0 Å². The molecule has 2 N–H and O–H groups in total. The maximum atomic E-state index is 11.9. The van der Waals surface area contributed by atoms with Crippen LogP contribution in [0.5, 0.6) is 5.75 Å². The monoisotopic (exact) mass is 276 g/mol. The number of aryl methyl sites for hydroxylation is 1. The quantitative estimate of drug-likeness (QED) is 0.906. The number of phenolic OH excluding ortho intramolecular Hbond substituents is 1. The Morgan fingerprint density at radius 1 is 1.42 bits per heavy atom. The summed E-state index contributed by atoms with van der Waals surface area (Å²) in [7, 11) is 0. The molecule has 0 spiro atoms. The van der Waals surface area contributed by atoms with Gasteiger partial charge in [-0.1, -0.05) is 23.7 Å². The predicted molar refractivity (Wildman–Crippen MR) is 74.4 cm³/mol. The largest absolute Gasteiger partial charge is 0.508 e. The smallest absolute Gasteiger partial charge is 0.228 e. The molecule has 1 amide bonds. The number of pyridine rings is 1. The van der Waals surface area contributed by atoms with Crippen molar-refractivity contribution >= 4 is 23.2 Å². The number of carbonyl (C=O) groups is 1. The summed E-state index contributed by atoms with van der Waals surface area (Å²) in [6, 6.07) is 8.24. The van der Waals surface area contributed by atoms with E-state index in [9.17, 15) is 9.90 Å². The minimum Gasteiger partial charge on any atom is -0.508 e. The molecule has 0 aliphatic heterocycles. The molecule has 0 aliphatic carbocycles. The molecule has 1 aromatic carbocycles. The Kier molecular flexibility index (Phi) is 4.02. The highest BCUT2D eigenvalue weighted by molar-refractivity contribution is 6.34. The second kappa shape index (κ2) is 5.71. The molecule has 4 nitrogen and oxygen atoms in total. The van der Waals surface area contributed by atoms with Crippen molar-refractivity contribution in [3.63, 3.8) is 0 Å². The number of nitrogens with one attached hydrogen (secondary N) is 1. The average Bonchev–Trinajstić information content (AvgIpc) is 2.35. The van der Waals surface area contributed by atoms with Crippen LogP contribution in [0.2, 0.25) is 5.02 Å². The van der Waals surface area contributed by atoms with Crippen LogP contribution < -0.4 is 5.32 Å². The van der Waals surface area contributed by atoms with Gasteiger partial charge in [0.05, 0.1) is 22.8 Å². The third-order valence-electron chi connectivity index (χ3n) is 2.61. The molecule has 0 fully saturated rings. The average molecular weight is 277 g/mol. The maximum absolute atomic E-state index is 11.9. The van der Waals surface area contributed by atoms with Gasteiger partial charge in [-0.05, 0) is 30.7 Å². The molecule has 0 aliphatic rings. The van der Waals surface area contributed by atoms with Gasteiger partial charge in [0, 0.05) is 6.20 Å². The van der Waals surface area contributed by atoms with E-state index < -0.39 is 0 Å². The Bertz CT molecular complexity index is 614. The summed E-state index contributed by atoms with van der Waals surface area (Å²) >= 11 is 6.05. The van der Waals surface area contributed by atoms with E-state index in [2.05, 4.69) is 10.3 Å². The lowest BCUT2D eigenvalue weighted by Gasteiger charge is -2.08. The number of halogens is 1. The summed E-state index contributed by atoms with van der Waals surface area (Å²) in [6.07, 6.45) is 1.76. The van der Waals surface area contributed by atoms with Gasteiger partial charge in [0.1, 0.15) is 5.75 Å². The van der Waals surface area contributed by atoms with E-state index in [0.29, 0.717) is 16.4 Å². The fourth-order valence-corrected chi connectivity index (χ4v) is 1.85. The van der Waals surface area contributed by atoms with E-state index in [-0.39, 0.29) is 18.1 Å². The van der Waals surface area contributed by atoms with Crippen LogP contribution in [-0.4, -0.2) is 16.0 Å². The summed E-state index contributed by atoms with van der Waals surface area (Å²) in [4.78, 5) is 15.9. The number of aromatic hydroxyl groups is 1. The van der Waals surface area contributed by atoms with E-state index in [1.54, 1.807) is 43.5 Å². The molecule has 2 rings (SSSR count). The van der Waals surface area contributed by atoms with Crippen LogP contribution >= 0.6 is 11.6 Å². The molecule has 0 unspecified atom stereocenters. The molecule has 19 heavy (non-hydrogen) atoms. The lowest BCUT2D eigenvalue weighted by Crippen LogP contribution is -2.15. The number of benzene rings is 1. The highest BCUT2D eigenvalue weighted by Gasteiger charge is 2.09. The highest BCUT2D eigenvalue weighted by atomic mass is 35.5. The van der Waals surface area contributed by atoms with Crippen molar-refractivity contribution < 1.29 is 9.90 Å². The zero-order valence-electron chi connectivity index (χ0n) is 10.4. The Balaban J connectivity index is 2.08. The number of nitrogens with zero attached hydrogens (tertiary/aromatic N) is 1. The first kappa shape index (κ1) is 13.4. The molecule has 0 bridgehead atoms. The zero-order chi connectivity index (χ0) is 13.8. The fourth-order valence-electron chi connectivity index (χ4n) is 1.69. The van der Waals surface area contributed by atoms with Crippen LogP contribution in [0.4, 0.5) is 5.69 Å². The standard InChI is InChI=1S/C14H13ClN2O2/c1-9-14(15)12(5-6-16-9)17-13(19)8-10-3-2-4-11(18)7-10/h2-7,18H,8H2,1H3,(H,16,17,19). The number of phenols is 1. The van der Waals surface area contributed by atoms with Crippen molar-refractivity contribution in [2.45, 2.75) is 13.3 Å². The van der Waals surface area contributed by atoms with Crippen LogP contribution in [0, 0.1) is 6.92 Å². The van der Waals surface area contributed by atoms with E-state index in [0.717, 1.165) is 5.56 Å². The summed E-state index contributed by atoms with van der Waals surface area (Å²) < 4.78 is 0. The number of anilines is 1. The van der Waals surface area contributed by atoms with Crippen molar-refractivity contribution in [2.24, 2.45) is 0 Å². The first-order chi connectivity index (χ1) is 9.06. The van der Waals surface area contributed by atoms with E-state index >= 15 is 0 Å². The van der Waals surface area contributed by atoms with Gasteiger partial charge in [-0.25, -0.2) is 0 Å². The molecule has 0 saturated heterocycles. The number of rotatable bonds is 3. The molecular weight excluding hydrogens is 264 g/mol. The van der Waals surface area contributed by atoms with Gasteiger partial charge in [0.15, 0.2) is 0 Å². The molecule has 0 atom stereocenters. The number of amides is 1. The van der Waals surface area contributed by atoms with Crippen LogP contribution in [0.15, 0.2) is 36.5 Å². The van der Waals surface area contributed by atoms with Crippen molar-refractivity contribution in [1.82, 2.24) is 4.98 Å². The molecule has 0 radical (unpaired) electrons. The molecule has 98 valence electrons. The van der Waals surface area contributed by atoms with Crippen molar-refractivity contribution in [3.8, 4) is 5.75 Å². The van der Waals surface area contributed by atoms with Gasteiger partial charge >= 0.3 is 0 Å². The van der Waals surface area contributed by atoms with E-state index in [1.807, 2.05) is 0 Å². The van der Waals surface area contributed by atoms with Crippen LogP contribution in [0.25, 0.3) is 0 Å². The lowest BCUT2D eigenvalue weighted by atomic mass is 10.1. The fraction of sp³-hybridized carbons (Fsp3) is 0.143. The van der Waals surface area contributed by atoms with Crippen LogP contribution in [0.3, 0.4) is 0 Å². The topological polar surface area (TPSA) is 62.2 Å². The summed E-state index contributed by atoms with van der Waals surface area (Å²) in [5.41, 5.74) is 1.94. The first-order valence-electron chi connectivity index (χ1n) is 5.75. The number of hydrogen-bond donors (Lipinski definition) is 2.